The highest BCUT2D eigenvalue weighted by Gasteiger charge is 2.16. The molecule has 21 heavy (non-hydrogen) atoms. The molecule has 2 rings (SSSR count). The number of hydrogen-bond donors (Lipinski definition) is 0. The molecule has 0 N–H and O–H groups in total. The Labute approximate surface area is 128 Å². The highest BCUT2D eigenvalue weighted by atomic mass is 16.1. The monoisotopic (exact) mass is 285 g/mol. The lowest BCUT2D eigenvalue weighted by Crippen LogP contribution is -2.22. The van der Waals surface area contributed by atoms with Crippen LogP contribution in [0.4, 0.5) is 0 Å². The van der Waals surface area contributed by atoms with Gasteiger partial charge in [-0.3, -0.25) is 9.69 Å². The Balaban J connectivity index is 2.22. The van der Waals surface area contributed by atoms with Gasteiger partial charge in [0.1, 0.15) is 0 Å². The van der Waals surface area contributed by atoms with E-state index in [1.165, 1.54) is 24.0 Å². The minimum atomic E-state index is 0.129. The maximum Gasteiger partial charge on any atom is 0.152 e. The Kier molecular flexibility index (Phi) is 5.00. The molecular weight excluding hydrogens is 258 g/mol. The third-order valence-electron chi connectivity index (χ3n) is 4.09. The van der Waals surface area contributed by atoms with Gasteiger partial charge in [-0.15, -0.1) is 0 Å². The summed E-state index contributed by atoms with van der Waals surface area (Å²) in [5.74, 6) is 0.129. The standard InChI is InChI=1S/C19H27NO/c1-15(21)13-17(14-20-11-5-6-12-20)16-7-9-18(10-8-16)19(2,3)4/h7-10,13H,5-6,11-12,14H2,1-4H3/b17-13+. The summed E-state index contributed by atoms with van der Waals surface area (Å²) in [7, 11) is 0. The minimum Gasteiger partial charge on any atom is -0.299 e. The summed E-state index contributed by atoms with van der Waals surface area (Å²) in [6.07, 6.45) is 4.34. The fourth-order valence-corrected chi connectivity index (χ4v) is 2.83. The second-order valence-corrected chi connectivity index (χ2v) is 7.09. The van der Waals surface area contributed by atoms with E-state index in [4.69, 9.17) is 0 Å². The maximum atomic E-state index is 11.5. The summed E-state index contributed by atoms with van der Waals surface area (Å²) in [5.41, 5.74) is 3.81. The van der Waals surface area contributed by atoms with Gasteiger partial charge in [-0.25, -0.2) is 0 Å². The van der Waals surface area contributed by atoms with Crippen LogP contribution in [0.3, 0.4) is 0 Å². The maximum absolute atomic E-state index is 11.5. The average molecular weight is 285 g/mol. The summed E-state index contributed by atoms with van der Waals surface area (Å²) >= 11 is 0. The van der Waals surface area contributed by atoms with Gasteiger partial charge in [0.2, 0.25) is 0 Å². The molecule has 114 valence electrons. The summed E-state index contributed by atoms with van der Waals surface area (Å²) < 4.78 is 0. The van der Waals surface area contributed by atoms with E-state index in [2.05, 4.69) is 49.9 Å². The molecule has 0 aromatic heterocycles. The van der Waals surface area contributed by atoms with Gasteiger partial charge in [-0.2, -0.15) is 0 Å². The van der Waals surface area contributed by atoms with E-state index < -0.39 is 0 Å². The Morgan fingerprint density at radius 3 is 2.19 bits per heavy atom. The fourth-order valence-electron chi connectivity index (χ4n) is 2.83. The Morgan fingerprint density at radius 2 is 1.71 bits per heavy atom. The molecule has 0 spiro atoms. The second-order valence-electron chi connectivity index (χ2n) is 7.09. The highest BCUT2D eigenvalue weighted by Crippen LogP contribution is 2.25. The lowest BCUT2D eigenvalue weighted by Gasteiger charge is -2.21. The van der Waals surface area contributed by atoms with Crippen molar-refractivity contribution >= 4 is 11.4 Å². The van der Waals surface area contributed by atoms with Gasteiger partial charge in [0.25, 0.3) is 0 Å². The lowest BCUT2D eigenvalue weighted by molar-refractivity contribution is -0.112. The average Bonchev–Trinajstić information content (AvgIpc) is 2.89. The van der Waals surface area contributed by atoms with E-state index in [0.717, 1.165) is 25.2 Å². The highest BCUT2D eigenvalue weighted by molar-refractivity contribution is 5.95. The van der Waals surface area contributed by atoms with Gasteiger partial charge in [-0.1, -0.05) is 45.0 Å². The smallest absolute Gasteiger partial charge is 0.152 e. The van der Waals surface area contributed by atoms with Crippen molar-refractivity contribution in [2.45, 2.75) is 46.0 Å². The number of carbonyl (C=O) groups excluding carboxylic acids is 1. The molecule has 1 aliphatic heterocycles. The van der Waals surface area contributed by atoms with Crippen LogP contribution in [0, 0.1) is 0 Å². The van der Waals surface area contributed by atoms with Crippen LogP contribution in [0.25, 0.3) is 5.57 Å². The molecule has 0 amide bonds. The first-order chi connectivity index (χ1) is 9.86. The molecule has 1 aromatic carbocycles. The van der Waals surface area contributed by atoms with Crippen molar-refractivity contribution in [3.63, 3.8) is 0 Å². The van der Waals surface area contributed by atoms with Crippen LogP contribution in [0.15, 0.2) is 30.3 Å². The van der Waals surface area contributed by atoms with Gasteiger partial charge < -0.3 is 0 Å². The third kappa shape index (κ3) is 4.53. The normalized spacial score (nSPS) is 17.2. The molecule has 0 atom stereocenters. The van der Waals surface area contributed by atoms with E-state index >= 15 is 0 Å². The predicted molar refractivity (Wildman–Crippen MR) is 89.5 cm³/mol. The van der Waals surface area contributed by atoms with Crippen LogP contribution in [0.5, 0.6) is 0 Å². The lowest BCUT2D eigenvalue weighted by atomic mass is 9.86. The first-order valence-corrected chi connectivity index (χ1v) is 7.91. The number of nitrogens with zero attached hydrogens (tertiary/aromatic N) is 1. The van der Waals surface area contributed by atoms with Crippen molar-refractivity contribution < 1.29 is 4.79 Å². The van der Waals surface area contributed by atoms with Gasteiger partial charge in [-0.05, 0) is 61.0 Å². The van der Waals surface area contributed by atoms with Crippen molar-refractivity contribution in [3.05, 3.63) is 41.5 Å². The third-order valence-corrected chi connectivity index (χ3v) is 4.09. The van der Waals surface area contributed by atoms with Gasteiger partial charge in [0, 0.05) is 6.54 Å². The Morgan fingerprint density at radius 1 is 1.14 bits per heavy atom. The van der Waals surface area contributed by atoms with Gasteiger partial charge >= 0.3 is 0 Å². The van der Waals surface area contributed by atoms with Crippen molar-refractivity contribution in [2.24, 2.45) is 0 Å². The quantitative estimate of drug-likeness (QED) is 0.778. The van der Waals surface area contributed by atoms with Crippen LogP contribution in [0.1, 0.15) is 51.7 Å². The first-order valence-electron chi connectivity index (χ1n) is 7.91. The summed E-state index contributed by atoms with van der Waals surface area (Å²) in [4.78, 5) is 14.0. The zero-order valence-corrected chi connectivity index (χ0v) is 13.8. The van der Waals surface area contributed by atoms with Crippen LogP contribution in [-0.4, -0.2) is 30.3 Å². The molecule has 1 heterocycles. The van der Waals surface area contributed by atoms with Gasteiger partial charge in [0.15, 0.2) is 5.78 Å². The first kappa shape index (κ1) is 16.0. The van der Waals surface area contributed by atoms with E-state index in [1.54, 1.807) is 13.0 Å². The van der Waals surface area contributed by atoms with Crippen LogP contribution >= 0.6 is 0 Å². The van der Waals surface area contributed by atoms with E-state index in [1.807, 2.05) is 0 Å². The molecule has 0 saturated carbocycles. The van der Waals surface area contributed by atoms with Crippen molar-refractivity contribution in [2.75, 3.05) is 19.6 Å². The molecule has 0 unspecified atom stereocenters. The largest absolute Gasteiger partial charge is 0.299 e. The van der Waals surface area contributed by atoms with Crippen LogP contribution in [0.2, 0.25) is 0 Å². The SMILES string of the molecule is CC(=O)/C=C(\CN1CCCC1)c1ccc(C(C)(C)C)cc1. The van der Waals surface area contributed by atoms with Crippen LogP contribution < -0.4 is 0 Å². The number of likely N-dealkylation sites (tertiary alicyclic amines) is 1. The number of ketones is 1. The minimum absolute atomic E-state index is 0.129. The van der Waals surface area contributed by atoms with Crippen molar-refractivity contribution in [3.8, 4) is 0 Å². The number of carbonyl (C=O) groups is 1. The number of allylic oxidation sites excluding steroid dienone is 1. The molecule has 1 fully saturated rings. The zero-order chi connectivity index (χ0) is 15.5. The molecule has 1 saturated heterocycles. The van der Waals surface area contributed by atoms with Gasteiger partial charge in [0.05, 0.1) is 0 Å². The molecule has 0 aliphatic carbocycles. The molecule has 0 radical (unpaired) electrons. The molecule has 0 bridgehead atoms. The molecule has 1 aliphatic rings. The number of benzene rings is 1. The van der Waals surface area contributed by atoms with E-state index in [0.29, 0.717) is 0 Å². The Hall–Kier alpha value is -1.41. The molecule has 1 aromatic rings. The van der Waals surface area contributed by atoms with Crippen molar-refractivity contribution in [1.82, 2.24) is 4.90 Å². The number of hydrogen-bond acceptors (Lipinski definition) is 2. The van der Waals surface area contributed by atoms with E-state index in [9.17, 15) is 4.79 Å². The topological polar surface area (TPSA) is 20.3 Å². The summed E-state index contributed by atoms with van der Waals surface area (Å²) in [6, 6.07) is 8.69. The van der Waals surface area contributed by atoms with Crippen molar-refractivity contribution in [1.29, 1.82) is 0 Å². The number of rotatable bonds is 4. The van der Waals surface area contributed by atoms with E-state index in [-0.39, 0.29) is 11.2 Å². The second kappa shape index (κ2) is 6.57. The predicted octanol–water partition coefficient (Wildman–Crippen LogP) is 4.05. The summed E-state index contributed by atoms with van der Waals surface area (Å²) in [6.45, 7) is 11.5. The molecule has 2 nitrogen and oxygen atoms in total. The fraction of sp³-hybridized carbons (Fsp3) is 0.526. The molecule has 2 heteroatoms. The summed E-state index contributed by atoms with van der Waals surface area (Å²) in [5, 5.41) is 0. The Bertz CT molecular complexity index is 513. The molecular formula is C19H27NO. The van der Waals surface area contributed by atoms with Crippen LogP contribution in [-0.2, 0) is 10.2 Å². The zero-order valence-electron chi connectivity index (χ0n) is 13.8.